The minimum absolute atomic E-state index is 0.0279. The number of nitrogens with one attached hydrogen (secondary N) is 3. The van der Waals surface area contributed by atoms with Gasteiger partial charge in [-0.05, 0) is 104 Å². The van der Waals surface area contributed by atoms with Gasteiger partial charge in [0.15, 0.2) is 11.4 Å². The maximum absolute atomic E-state index is 13.9. The van der Waals surface area contributed by atoms with Gasteiger partial charge in [-0.2, -0.15) is 0 Å². The number of carbonyl (C=O) groups excluding carboxylic acids is 9. The molecule has 4 N–H and O–H groups in total. The van der Waals surface area contributed by atoms with Gasteiger partial charge >= 0.3 is 18.2 Å². The van der Waals surface area contributed by atoms with Crippen LogP contribution in [0.2, 0.25) is 0 Å². The Kier molecular flexibility index (Phi) is 22.5. The number of esters is 1. The first-order valence-corrected chi connectivity index (χ1v) is 30.5. The zero-order chi connectivity index (χ0) is 61.7. The first-order chi connectivity index (χ1) is 40.6. The van der Waals surface area contributed by atoms with E-state index in [9.17, 15) is 53.1 Å². The Balaban J connectivity index is 0.862. The number of likely N-dealkylation sites (tertiary alicyclic amines) is 1. The third kappa shape index (κ3) is 15.8. The summed E-state index contributed by atoms with van der Waals surface area (Å²) in [4.78, 5) is 139. The third-order valence-corrected chi connectivity index (χ3v) is 17.2. The summed E-state index contributed by atoms with van der Waals surface area (Å²) in [7, 11) is 3.07. The number of ketones is 1. The van der Waals surface area contributed by atoms with Crippen molar-refractivity contribution in [3.8, 4) is 17.1 Å². The van der Waals surface area contributed by atoms with Crippen molar-refractivity contribution in [3.05, 3.63) is 86.7 Å². The van der Waals surface area contributed by atoms with Crippen LogP contribution in [0.25, 0.3) is 22.3 Å². The van der Waals surface area contributed by atoms with Gasteiger partial charge in [-0.3, -0.25) is 38.5 Å². The molecule has 0 aliphatic carbocycles. The molecule has 23 heteroatoms. The predicted molar refractivity (Wildman–Crippen MR) is 319 cm³/mol. The summed E-state index contributed by atoms with van der Waals surface area (Å²) >= 11 is 1.54. The van der Waals surface area contributed by atoms with Crippen LogP contribution < -0.4 is 26.2 Å². The first kappa shape index (κ1) is 64.9. The molecule has 7 amide bonds. The molecule has 458 valence electrons. The number of cyclic esters (lactones) is 1. The third-order valence-electron chi connectivity index (χ3n) is 15.9. The van der Waals surface area contributed by atoms with Crippen LogP contribution in [0, 0.1) is 11.8 Å². The number of benzene rings is 2. The lowest BCUT2D eigenvalue weighted by atomic mass is 9.86. The molecule has 1 fully saturated rings. The summed E-state index contributed by atoms with van der Waals surface area (Å²) in [5, 5.41) is 20.2. The summed E-state index contributed by atoms with van der Waals surface area (Å²) in [6.07, 6.45) is 3.89. The Morgan fingerprint density at radius 1 is 0.906 bits per heavy atom. The van der Waals surface area contributed by atoms with Gasteiger partial charge in [0.2, 0.25) is 29.5 Å². The van der Waals surface area contributed by atoms with Crippen molar-refractivity contribution in [1.82, 2.24) is 34.9 Å². The molecule has 5 heterocycles. The SMILES string of the molecule is CCCCSC1CC(=O)N(CCCCCC(=O)NC(C(=O)C[C@@H](CCCNC(C)=O)C(=O)Nc2ccc(COC(=O)N(C)CCN(C)C(=O)Oc3ccc4nc5c(c(CC)c4c3)Cn3c-5cc4c(c3=O)COC(=O)C4(O)CC)cc2)C(C)C)C1=O. The van der Waals surface area contributed by atoms with E-state index in [0.717, 1.165) is 35.1 Å². The van der Waals surface area contributed by atoms with Gasteiger partial charge in [0.25, 0.3) is 5.56 Å². The number of thioether (sulfide) groups is 1. The van der Waals surface area contributed by atoms with E-state index in [-0.39, 0.29) is 128 Å². The number of hydrogen-bond donors (Lipinski definition) is 4. The number of carbonyl (C=O) groups is 9. The molecule has 3 aliphatic heterocycles. The number of amides is 7. The van der Waals surface area contributed by atoms with Gasteiger partial charge in [-0.25, -0.2) is 19.4 Å². The van der Waals surface area contributed by atoms with Crippen molar-refractivity contribution in [2.45, 2.75) is 155 Å². The Bertz CT molecular complexity index is 3240. The maximum Gasteiger partial charge on any atom is 0.415 e. The molecule has 4 aromatic rings. The number of unbranched alkanes of at least 4 members (excludes halogenated alkanes) is 3. The molecule has 0 bridgehead atoms. The summed E-state index contributed by atoms with van der Waals surface area (Å²) in [5.41, 5.74) is 2.58. The Morgan fingerprint density at radius 2 is 1.64 bits per heavy atom. The van der Waals surface area contributed by atoms with Gasteiger partial charge in [0.1, 0.15) is 19.0 Å². The number of Topliss-reactive ketones (excluding diaryl/α,β-unsaturated/α-hetero) is 1. The monoisotopic (exact) mass is 1190 g/mol. The quantitative estimate of drug-likeness (QED) is 0.0210. The first-order valence-electron chi connectivity index (χ1n) is 29.4. The largest absolute Gasteiger partial charge is 0.458 e. The average molecular weight is 1190 g/mol. The second kappa shape index (κ2) is 29.4. The highest BCUT2D eigenvalue weighted by molar-refractivity contribution is 8.00. The molecule has 22 nitrogen and oxygen atoms in total. The zero-order valence-electron chi connectivity index (χ0n) is 50.0. The molecule has 0 saturated carbocycles. The summed E-state index contributed by atoms with van der Waals surface area (Å²) in [6.45, 7) is 11.5. The lowest BCUT2D eigenvalue weighted by Gasteiger charge is -2.31. The number of hydrogen-bond acceptors (Lipinski definition) is 16. The van der Waals surface area contributed by atoms with Crippen molar-refractivity contribution in [3.63, 3.8) is 0 Å². The summed E-state index contributed by atoms with van der Waals surface area (Å²) < 4.78 is 18.1. The van der Waals surface area contributed by atoms with Crippen LogP contribution >= 0.6 is 11.8 Å². The number of aryl methyl sites for hydroxylation is 1. The molecule has 2 aromatic heterocycles. The molecule has 85 heavy (non-hydrogen) atoms. The molecular weight excluding hydrogens is 1110 g/mol. The lowest BCUT2D eigenvalue weighted by molar-refractivity contribution is -0.172. The molecule has 3 unspecified atom stereocenters. The molecule has 2 aromatic carbocycles. The second-order valence-electron chi connectivity index (χ2n) is 22.4. The van der Waals surface area contributed by atoms with Crippen molar-refractivity contribution in [2.24, 2.45) is 11.8 Å². The van der Waals surface area contributed by atoms with E-state index in [1.807, 2.05) is 20.8 Å². The van der Waals surface area contributed by atoms with Gasteiger partial charge in [-0.1, -0.05) is 59.6 Å². The van der Waals surface area contributed by atoms with Crippen molar-refractivity contribution >= 4 is 81.8 Å². The van der Waals surface area contributed by atoms with Crippen LogP contribution in [0.15, 0.2) is 53.3 Å². The number of pyridine rings is 2. The van der Waals surface area contributed by atoms with E-state index >= 15 is 0 Å². The average Bonchev–Trinajstić information content (AvgIpc) is 2.47. The predicted octanol–water partition coefficient (Wildman–Crippen LogP) is 7.13. The highest BCUT2D eigenvalue weighted by Gasteiger charge is 2.46. The Hall–Kier alpha value is -7.66. The van der Waals surface area contributed by atoms with Crippen LogP contribution in [0.5, 0.6) is 5.75 Å². The molecule has 3 aliphatic rings. The van der Waals surface area contributed by atoms with Crippen molar-refractivity contribution in [1.29, 1.82) is 0 Å². The number of likely N-dealkylation sites (N-methyl/N-ethyl adjacent to an activating group) is 2. The van der Waals surface area contributed by atoms with E-state index in [1.165, 1.54) is 47.5 Å². The van der Waals surface area contributed by atoms with Crippen LogP contribution in [-0.4, -0.2) is 140 Å². The number of fused-ring (bicyclic) bond motifs is 5. The summed E-state index contributed by atoms with van der Waals surface area (Å²) in [5.74, 6) is -2.30. The van der Waals surface area contributed by atoms with Crippen LogP contribution in [0.1, 0.15) is 140 Å². The number of ether oxygens (including phenoxy) is 3. The number of rotatable bonds is 29. The summed E-state index contributed by atoms with van der Waals surface area (Å²) in [6, 6.07) is 12.5. The van der Waals surface area contributed by atoms with E-state index in [2.05, 4.69) is 22.9 Å². The van der Waals surface area contributed by atoms with Gasteiger partial charge in [-0.15, -0.1) is 11.8 Å². The molecule has 1 saturated heterocycles. The van der Waals surface area contributed by atoms with Crippen LogP contribution in [-0.2, 0) is 74.8 Å². The Morgan fingerprint density at radius 3 is 2.32 bits per heavy atom. The van der Waals surface area contributed by atoms with E-state index in [1.54, 1.807) is 60.0 Å². The molecule has 0 radical (unpaired) electrons. The van der Waals surface area contributed by atoms with E-state index in [0.29, 0.717) is 73.3 Å². The maximum atomic E-state index is 13.9. The zero-order valence-corrected chi connectivity index (χ0v) is 50.8. The molecule has 7 rings (SSSR count). The number of nitrogens with zero attached hydrogens (tertiary/aromatic N) is 5. The molecular formula is C62H80N8O14S. The standard InChI is InChI=1S/C62H80N8O14S/c1-9-12-29-85-51-33-53(74)69(58(51)77)26-15-13-14-18-52(73)66-54(37(4)5)50(72)30-40(17-16-25-63-38(6)71)56(75)64-41-21-19-39(20-22-41)35-83-60(79)67(7)27-28-68(8)61(80)84-42-23-24-48-44(31-42)43(10-2)45-34-70-49(55(45)65-48)32-47-46(57(70)76)36-82-59(78)62(47,81)11-3/h19-24,31-32,37,40,51,54,81H,9-18,25-30,33-36H2,1-8H3,(H,63,71)(H,64,75)(H,66,73)/t40-,51?,54?,62?/m1/s1. The van der Waals surface area contributed by atoms with Crippen LogP contribution in [0.4, 0.5) is 15.3 Å². The molecule has 4 atom stereocenters. The van der Waals surface area contributed by atoms with E-state index < -0.39 is 41.6 Å². The lowest BCUT2D eigenvalue weighted by Crippen LogP contribution is -2.45. The Labute approximate surface area is 499 Å². The minimum atomic E-state index is -1.95. The van der Waals surface area contributed by atoms with Gasteiger partial charge in [0, 0.05) is 94.6 Å². The molecule has 0 spiro atoms. The van der Waals surface area contributed by atoms with E-state index in [4.69, 9.17) is 19.2 Å². The number of anilines is 1. The normalized spacial score (nSPS) is 16.7. The highest BCUT2D eigenvalue weighted by Crippen LogP contribution is 2.41. The fourth-order valence-electron chi connectivity index (χ4n) is 10.7. The number of imide groups is 1. The topological polar surface area (TPSA) is 282 Å². The minimum Gasteiger partial charge on any atom is -0.458 e. The second-order valence-corrected chi connectivity index (χ2v) is 23.7. The highest BCUT2D eigenvalue weighted by atomic mass is 32.2. The fourth-order valence-corrected chi connectivity index (χ4v) is 12.0. The van der Waals surface area contributed by atoms with Gasteiger partial charge < -0.3 is 49.6 Å². The fraction of sp³-hybridized carbons (Fsp3) is 0.532. The van der Waals surface area contributed by atoms with Gasteiger partial charge in [0.05, 0.1) is 40.3 Å². The number of aromatic nitrogens is 2. The van der Waals surface area contributed by atoms with Crippen molar-refractivity contribution in [2.75, 3.05) is 51.3 Å². The van der Waals surface area contributed by atoms with Crippen molar-refractivity contribution < 1.29 is 62.5 Å². The van der Waals surface area contributed by atoms with Crippen LogP contribution in [0.3, 0.4) is 0 Å². The smallest absolute Gasteiger partial charge is 0.415 e. The number of aliphatic hydroxyl groups is 1.